The van der Waals surface area contributed by atoms with Gasteiger partial charge in [0.1, 0.15) is 6.61 Å². The van der Waals surface area contributed by atoms with Gasteiger partial charge in [0.25, 0.3) is 0 Å². The molecule has 0 bridgehead atoms. The molecule has 5 heteroatoms. The highest BCUT2D eigenvalue weighted by Crippen LogP contribution is 2.27. The van der Waals surface area contributed by atoms with Gasteiger partial charge in [-0.3, -0.25) is 0 Å². The molecule has 1 aliphatic rings. The number of primary amides is 1. The van der Waals surface area contributed by atoms with Gasteiger partial charge in [-0.1, -0.05) is 18.2 Å². The van der Waals surface area contributed by atoms with E-state index in [4.69, 9.17) is 15.3 Å². The molecule has 0 spiro atoms. The number of nitrogens with two attached hydrogens (primary N) is 1. The minimum atomic E-state index is -0.799. The average Bonchev–Trinajstić information content (AvgIpc) is 2.26. The van der Waals surface area contributed by atoms with Crippen molar-refractivity contribution in [1.82, 2.24) is 5.48 Å². The third-order valence-electron chi connectivity index (χ3n) is 1.99. The van der Waals surface area contributed by atoms with Crippen molar-refractivity contribution in [3.05, 3.63) is 35.5 Å². The molecule has 1 aliphatic heterocycles. The number of fused-ring (bicyclic) bond motifs is 1. The SMILES string of the molecule is NC(=O)OCc1cccc2c1ONC=C2. The summed E-state index contributed by atoms with van der Waals surface area (Å²) in [6.07, 6.45) is 2.75. The van der Waals surface area contributed by atoms with Gasteiger partial charge in [0, 0.05) is 17.3 Å². The summed E-state index contributed by atoms with van der Waals surface area (Å²) in [6.45, 7) is 0.105. The van der Waals surface area contributed by atoms with Crippen molar-refractivity contribution in [1.29, 1.82) is 0 Å². The molecule has 15 heavy (non-hydrogen) atoms. The smallest absolute Gasteiger partial charge is 0.404 e. The summed E-state index contributed by atoms with van der Waals surface area (Å²) in [4.78, 5) is 15.7. The van der Waals surface area contributed by atoms with Crippen LogP contribution in [0, 0.1) is 0 Å². The molecule has 0 aromatic heterocycles. The number of carbonyl (C=O) groups is 1. The van der Waals surface area contributed by atoms with Gasteiger partial charge in [0.2, 0.25) is 0 Å². The lowest BCUT2D eigenvalue weighted by Gasteiger charge is -2.16. The highest BCUT2D eigenvalue weighted by molar-refractivity contribution is 5.65. The van der Waals surface area contributed by atoms with Crippen molar-refractivity contribution in [2.45, 2.75) is 6.61 Å². The molecular weight excluding hydrogens is 196 g/mol. The van der Waals surface area contributed by atoms with Gasteiger partial charge in [-0.2, -0.15) is 0 Å². The first kappa shape index (κ1) is 9.39. The van der Waals surface area contributed by atoms with Gasteiger partial charge in [-0.25, -0.2) is 10.3 Å². The van der Waals surface area contributed by atoms with Gasteiger partial charge >= 0.3 is 6.09 Å². The third-order valence-corrected chi connectivity index (χ3v) is 1.99. The van der Waals surface area contributed by atoms with Crippen LogP contribution in [0.5, 0.6) is 5.75 Å². The highest BCUT2D eigenvalue weighted by atomic mass is 16.6. The molecule has 78 valence electrons. The van der Waals surface area contributed by atoms with Crippen LogP contribution >= 0.6 is 0 Å². The summed E-state index contributed by atoms with van der Waals surface area (Å²) in [6, 6.07) is 5.57. The number of hydroxylamine groups is 1. The Labute approximate surface area is 86.4 Å². The lowest BCUT2D eigenvalue weighted by atomic mass is 10.1. The van der Waals surface area contributed by atoms with Crippen LogP contribution in [-0.4, -0.2) is 6.09 Å². The van der Waals surface area contributed by atoms with Crippen LogP contribution in [0.2, 0.25) is 0 Å². The number of nitrogens with one attached hydrogen (secondary N) is 1. The predicted molar refractivity (Wildman–Crippen MR) is 53.6 cm³/mol. The molecule has 1 aromatic carbocycles. The molecule has 0 radical (unpaired) electrons. The summed E-state index contributed by atoms with van der Waals surface area (Å²) in [7, 11) is 0. The number of benzene rings is 1. The monoisotopic (exact) mass is 206 g/mol. The van der Waals surface area contributed by atoms with Crippen LogP contribution in [0.1, 0.15) is 11.1 Å². The van der Waals surface area contributed by atoms with E-state index in [1.807, 2.05) is 24.3 Å². The van der Waals surface area contributed by atoms with Crippen molar-refractivity contribution in [2.75, 3.05) is 0 Å². The summed E-state index contributed by atoms with van der Waals surface area (Å²) in [5.41, 5.74) is 9.20. The maximum atomic E-state index is 10.5. The Balaban J connectivity index is 2.24. The fraction of sp³-hybridized carbons (Fsp3) is 0.100. The second-order valence-corrected chi connectivity index (χ2v) is 3.00. The average molecular weight is 206 g/mol. The molecule has 1 amide bonds. The number of ether oxygens (including phenoxy) is 1. The second kappa shape index (κ2) is 3.91. The summed E-state index contributed by atoms with van der Waals surface area (Å²) in [5, 5.41) is 0. The normalized spacial score (nSPS) is 12.3. The second-order valence-electron chi connectivity index (χ2n) is 3.00. The molecular formula is C10H10N2O3. The van der Waals surface area contributed by atoms with Crippen LogP contribution in [0.15, 0.2) is 24.4 Å². The van der Waals surface area contributed by atoms with Crippen molar-refractivity contribution >= 4 is 12.2 Å². The van der Waals surface area contributed by atoms with Crippen LogP contribution in [-0.2, 0) is 11.3 Å². The lowest BCUT2D eigenvalue weighted by molar-refractivity contribution is 0.147. The molecule has 1 aromatic rings. The van der Waals surface area contributed by atoms with Crippen LogP contribution in [0.25, 0.3) is 6.08 Å². The maximum Gasteiger partial charge on any atom is 0.404 e. The number of hydrogen-bond donors (Lipinski definition) is 2. The zero-order valence-corrected chi connectivity index (χ0v) is 7.90. The molecule has 5 nitrogen and oxygen atoms in total. The minimum Gasteiger partial charge on any atom is -0.445 e. The Hall–Kier alpha value is -2.17. The number of para-hydroxylation sites is 1. The number of hydrogen-bond acceptors (Lipinski definition) is 4. The Morgan fingerprint density at radius 1 is 1.53 bits per heavy atom. The van der Waals surface area contributed by atoms with E-state index >= 15 is 0 Å². The molecule has 2 rings (SSSR count). The molecule has 0 unspecified atom stereocenters. The van der Waals surface area contributed by atoms with Gasteiger partial charge in [0.05, 0.1) is 0 Å². The molecule has 1 heterocycles. The van der Waals surface area contributed by atoms with E-state index < -0.39 is 6.09 Å². The first-order chi connectivity index (χ1) is 7.27. The van der Waals surface area contributed by atoms with Crippen molar-refractivity contribution in [3.63, 3.8) is 0 Å². The van der Waals surface area contributed by atoms with Gasteiger partial charge in [-0.15, -0.1) is 0 Å². The summed E-state index contributed by atoms with van der Waals surface area (Å²) < 4.78 is 4.70. The van der Waals surface area contributed by atoms with Crippen molar-refractivity contribution in [2.24, 2.45) is 5.73 Å². The minimum absolute atomic E-state index is 0.105. The quantitative estimate of drug-likeness (QED) is 0.761. The van der Waals surface area contributed by atoms with Crippen LogP contribution in [0.4, 0.5) is 4.79 Å². The number of carbonyl (C=O) groups excluding carboxylic acids is 1. The lowest BCUT2D eigenvalue weighted by Crippen LogP contribution is -2.17. The molecule has 0 aliphatic carbocycles. The summed E-state index contributed by atoms with van der Waals surface area (Å²) >= 11 is 0. The fourth-order valence-corrected chi connectivity index (χ4v) is 1.34. The fourth-order valence-electron chi connectivity index (χ4n) is 1.34. The van der Waals surface area contributed by atoms with E-state index in [1.165, 1.54) is 0 Å². The number of rotatable bonds is 2. The van der Waals surface area contributed by atoms with Crippen molar-refractivity contribution < 1.29 is 14.4 Å². The van der Waals surface area contributed by atoms with E-state index in [0.717, 1.165) is 11.1 Å². The standard InChI is InChI=1S/C10H10N2O3/c11-10(13)14-6-8-3-1-2-7-4-5-12-15-9(7)8/h1-5,12H,6H2,(H2,11,13). The molecule has 0 saturated carbocycles. The van der Waals surface area contributed by atoms with Crippen molar-refractivity contribution in [3.8, 4) is 5.75 Å². The van der Waals surface area contributed by atoms with E-state index in [9.17, 15) is 4.79 Å². The Kier molecular flexibility index (Phi) is 2.45. The summed E-state index contributed by atoms with van der Waals surface area (Å²) in [5.74, 6) is 0.654. The van der Waals surface area contributed by atoms with Crippen LogP contribution in [0.3, 0.4) is 0 Å². The Morgan fingerprint density at radius 2 is 2.40 bits per heavy atom. The Morgan fingerprint density at radius 3 is 3.20 bits per heavy atom. The van der Waals surface area contributed by atoms with Crippen LogP contribution < -0.4 is 16.1 Å². The molecule has 3 N–H and O–H groups in total. The van der Waals surface area contributed by atoms with E-state index in [2.05, 4.69) is 5.48 Å². The highest BCUT2D eigenvalue weighted by Gasteiger charge is 2.11. The zero-order valence-electron chi connectivity index (χ0n) is 7.90. The maximum absolute atomic E-state index is 10.5. The third kappa shape index (κ3) is 2.01. The largest absolute Gasteiger partial charge is 0.445 e. The molecule has 0 saturated heterocycles. The van der Waals surface area contributed by atoms with Gasteiger partial charge in [-0.05, 0) is 6.08 Å². The zero-order chi connectivity index (χ0) is 10.7. The first-order valence-corrected chi connectivity index (χ1v) is 4.40. The molecule has 0 atom stereocenters. The first-order valence-electron chi connectivity index (χ1n) is 4.40. The van der Waals surface area contributed by atoms with E-state index in [-0.39, 0.29) is 6.61 Å². The van der Waals surface area contributed by atoms with Gasteiger partial charge < -0.3 is 15.3 Å². The Bertz CT molecular complexity index is 415. The predicted octanol–water partition coefficient (Wildman–Crippen LogP) is 1.15. The number of amides is 1. The molecule has 0 fully saturated rings. The van der Waals surface area contributed by atoms with Gasteiger partial charge in [0.15, 0.2) is 5.75 Å². The van der Waals surface area contributed by atoms with E-state index in [0.29, 0.717) is 5.75 Å². The van der Waals surface area contributed by atoms with E-state index in [1.54, 1.807) is 6.20 Å². The topological polar surface area (TPSA) is 73.6 Å².